The second kappa shape index (κ2) is 7.67. The third-order valence-electron chi connectivity index (χ3n) is 7.04. The molecule has 33 heavy (non-hydrogen) atoms. The van der Waals surface area contributed by atoms with Crippen LogP contribution < -0.4 is 10.9 Å². The molecule has 3 aliphatic rings. The van der Waals surface area contributed by atoms with Crippen LogP contribution in [0.3, 0.4) is 0 Å². The highest BCUT2D eigenvalue weighted by atomic mass is 19.2. The summed E-state index contributed by atoms with van der Waals surface area (Å²) in [6, 6.07) is 3.19. The lowest BCUT2D eigenvalue weighted by atomic mass is 9.42. The zero-order valence-electron chi connectivity index (χ0n) is 17.7. The molecule has 3 aromatic rings. The fourth-order valence-corrected chi connectivity index (χ4v) is 5.30. The summed E-state index contributed by atoms with van der Waals surface area (Å²) in [5.41, 5.74) is -0.627. The molecule has 0 radical (unpaired) electrons. The fraction of sp³-hybridized carbons (Fsp3) is 0.375. The molecule has 6 rings (SSSR count). The van der Waals surface area contributed by atoms with E-state index in [1.165, 1.54) is 19.1 Å². The van der Waals surface area contributed by atoms with Gasteiger partial charge in [-0.3, -0.25) is 14.6 Å². The number of benzene rings is 1. The average Bonchev–Trinajstić information content (AvgIpc) is 2.69. The van der Waals surface area contributed by atoms with Crippen LogP contribution in [0.2, 0.25) is 0 Å². The first kappa shape index (κ1) is 21.6. The Hall–Kier alpha value is -3.23. The number of hydrogen-bond acceptors (Lipinski definition) is 3. The summed E-state index contributed by atoms with van der Waals surface area (Å²) >= 11 is 0. The molecule has 3 saturated carbocycles. The minimum absolute atomic E-state index is 0.0222. The third-order valence-corrected chi connectivity index (χ3v) is 7.04. The molecule has 2 aromatic heterocycles. The van der Waals surface area contributed by atoms with Gasteiger partial charge in [-0.15, -0.1) is 0 Å². The third kappa shape index (κ3) is 3.69. The summed E-state index contributed by atoms with van der Waals surface area (Å²) in [6.07, 6.45) is 4.08. The van der Waals surface area contributed by atoms with Crippen molar-refractivity contribution in [3.63, 3.8) is 0 Å². The zero-order chi connectivity index (χ0) is 23.5. The summed E-state index contributed by atoms with van der Waals surface area (Å²) in [5.74, 6) is -4.79. The molecule has 2 atom stereocenters. The summed E-state index contributed by atoms with van der Waals surface area (Å²) in [6.45, 7) is 1.50. The predicted octanol–water partition coefficient (Wildman–Crippen LogP) is 4.63. The van der Waals surface area contributed by atoms with Crippen LogP contribution in [-0.4, -0.2) is 15.9 Å². The van der Waals surface area contributed by atoms with E-state index in [-0.39, 0.29) is 27.6 Å². The molecule has 0 aliphatic heterocycles. The number of amides is 1. The van der Waals surface area contributed by atoms with Crippen LogP contribution >= 0.6 is 0 Å². The number of rotatable bonds is 6. The minimum atomic E-state index is -1.11. The van der Waals surface area contributed by atoms with Crippen molar-refractivity contribution in [3.8, 4) is 0 Å². The van der Waals surface area contributed by atoms with Gasteiger partial charge in [-0.1, -0.05) is 0 Å². The number of fused-ring (bicyclic) bond motifs is 1. The first-order chi connectivity index (χ1) is 15.7. The maximum absolute atomic E-state index is 14.4. The molecule has 2 heterocycles. The van der Waals surface area contributed by atoms with Crippen molar-refractivity contribution in [2.24, 2.45) is 11.3 Å². The van der Waals surface area contributed by atoms with Gasteiger partial charge in [0.1, 0.15) is 11.6 Å². The van der Waals surface area contributed by atoms with E-state index in [2.05, 4.69) is 15.3 Å². The molecule has 1 aromatic carbocycles. The van der Waals surface area contributed by atoms with Crippen molar-refractivity contribution in [2.45, 2.75) is 44.6 Å². The van der Waals surface area contributed by atoms with E-state index in [1.54, 1.807) is 0 Å². The van der Waals surface area contributed by atoms with Gasteiger partial charge in [-0.2, -0.15) is 0 Å². The summed E-state index contributed by atoms with van der Waals surface area (Å²) in [7, 11) is 0. The molecule has 2 bridgehead atoms. The molecule has 5 nitrogen and oxygen atoms in total. The van der Waals surface area contributed by atoms with Crippen molar-refractivity contribution in [3.05, 3.63) is 75.3 Å². The molecule has 0 unspecified atom stereocenters. The van der Waals surface area contributed by atoms with E-state index >= 15 is 0 Å². The van der Waals surface area contributed by atoms with Gasteiger partial charge in [0, 0.05) is 17.0 Å². The predicted molar refractivity (Wildman–Crippen MR) is 112 cm³/mol. The standard InChI is InChI=1S/C24H21F4N3O2/c1-11(21-18(27)4-13(25)10-29-21)30-23(33)16(9-24-6-12(7-24)8-24)14-5-15-19(31-22(14)32)3-2-17(26)20(15)28/h2-5,10-12,16H,6-9H2,1H3,(H,30,33)(H,31,32)/t11-,12?,16+,24?/m0/s1. The average molecular weight is 459 g/mol. The summed E-state index contributed by atoms with van der Waals surface area (Å²) in [4.78, 5) is 32.5. The van der Waals surface area contributed by atoms with Crippen LogP contribution in [0.5, 0.6) is 0 Å². The Kier molecular flexibility index (Phi) is 5.02. The van der Waals surface area contributed by atoms with Gasteiger partial charge in [-0.05, 0) is 62.1 Å². The fourth-order valence-electron chi connectivity index (χ4n) is 5.30. The van der Waals surface area contributed by atoms with E-state index in [1.807, 2.05) is 0 Å². The van der Waals surface area contributed by atoms with E-state index in [0.717, 1.165) is 31.5 Å². The van der Waals surface area contributed by atoms with E-state index in [0.29, 0.717) is 18.4 Å². The van der Waals surface area contributed by atoms with E-state index in [4.69, 9.17) is 0 Å². The van der Waals surface area contributed by atoms with Gasteiger partial charge in [0.15, 0.2) is 11.6 Å². The number of carbonyl (C=O) groups is 1. The monoisotopic (exact) mass is 459 g/mol. The molecule has 3 aliphatic carbocycles. The normalized spacial score (nSPS) is 22.9. The maximum atomic E-state index is 14.4. The smallest absolute Gasteiger partial charge is 0.252 e. The number of aromatic nitrogens is 2. The molecule has 2 N–H and O–H groups in total. The van der Waals surface area contributed by atoms with E-state index in [9.17, 15) is 27.2 Å². The Morgan fingerprint density at radius 1 is 1.18 bits per heavy atom. The van der Waals surface area contributed by atoms with Crippen molar-refractivity contribution in [1.29, 1.82) is 0 Å². The lowest BCUT2D eigenvalue weighted by Gasteiger charge is -2.63. The topological polar surface area (TPSA) is 74.8 Å². The number of hydrogen-bond donors (Lipinski definition) is 2. The Balaban J connectivity index is 1.51. The Labute approximate surface area is 186 Å². The SMILES string of the molecule is C[C@H](NC(=O)[C@H](CC12CC(C1)C2)c1cc2c(F)c(F)ccc2[nH]c1=O)c1ncc(F)cc1F. The van der Waals surface area contributed by atoms with Crippen molar-refractivity contribution >= 4 is 16.8 Å². The number of nitrogens with zero attached hydrogens (tertiary/aromatic N) is 1. The second-order valence-corrected chi connectivity index (χ2v) is 9.36. The Morgan fingerprint density at radius 3 is 2.55 bits per heavy atom. The van der Waals surface area contributed by atoms with Crippen molar-refractivity contribution < 1.29 is 22.4 Å². The number of nitrogens with one attached hydrogen (secondary N) is 2. The first-order valence-electron chi connectivity index (χ1n) is 10.8. The second-order valence-electron chi connectivity index (χ2n) is 9.36. The highest BCUT2D eigenvalue weighted by Gasteiger charge is 2.57. The molecule has 0 spiro atoms. The molecule has 3 fully saturated rings. The molecule has 0 saturated heterocycles. The number of aromatic amines is 1. The number of pyridine rings is 2. The van der Waals surface area contributed by atoms with Gasteiger partial charge in [-0.25, -0.2) is 17.6 Å². The quantitative estimate of drug-likeness (QED) is 0.528. The highest BCUT2D eigenvalue weighted by Crippen LogP contribution is 2.67. The maximum Gasteiger partial charge on any atom is 0.252 e. The zero-order valence-corrected chi connectivity index (χ0v) is 17.7. The number of H-pyrrole nitrogens is 1. The lowest BCUT2D eigenvalue weighted by molar-refractivity contribution is -0.136. The van der Waals surface area contributed by atoms with Gasteiger partial charge in [0.25, 0.3) is 5.56 Å². The van der Waals surface area contributed by atoms with E-state index < -0.39 is 46.7 Å². The lowest BCUT2D eigenvalue weighted by Crippen LogP contribution is -2.53. The van der Waals surface area contributed by atoms with Crippen LogP contribution in [0.15, 0.2) is 35.3 Å². The van der Waals surface area contributed by atoms with Crippen molar-refractivity contribution in [1.82, 2.24) is 15.3 Å². The number of halogens is 4. The van der Waals surface area contributed by atoms with Gasteiger partial charge in [0.2, 0.25) is 5.91 Å². The van der Waals surface area contributed by atoms with Crippen LogP contribution in [0.25, 0.3) is 10.9 Å². The number of carbonyl (C=O) groups excluding carboxylic acids is 1. The van der Waals surface area contributed by atoms with Crippen LogP contribution in [-0.2, 0) is 4.79 Å². The molecular formula is C24H21F4N3O2. The Morgan fingerprint density at radius 2 is 1.91 bits per heavy atom. The minimum Gasteiger partial charge on any atom is -0.347 e. The molecular weight excluding hydrogens is 438 g/mol. The van der Waals surface area contributed by atoms with Crippen LogP contribution in [0.1, 0.15) is 55.8 Å². The largest absolute Gasteiger partial charge is 0.347 e. The highest BCUT2D eigenvalue weighted by molar-refractivity contribution is 5.86. The molecule has 1 amide bonds. The summed E-state index contributed by atoms with van der Waals surface area (Å²) in [5, 5.41) is 2.53. The first-order valence-corrected chi connectivity index (χ1v) is 10.8. The van der Waals surface area contributed by atoms with Gasteiger partial charge >= 0.3 is 0 Å². The van der Waals surface area contributed by atoms with Gasteiger partial charge < -0.3 is 10.3 Å². The molecule has 9 heteroatoms. The van der Waals surface area contributed by atoms with Gasteiger partial charge in [0.05, 0.1) is 29.4 Å². The summed E-state index contributed by atoms with van der Waals surface area (Å²) < 4.78 is 55.6. The van der Waals surface area contributed by atoms with Crippen LogP contribution in [0, 0.1) is 34.6 Å². The van der Waals surface area contributed by atoms with Crippen LogP contribution in [0.4, 0.5) is 17.6 Å². The Bertz CT molecular complexity index is 1320. The molecule has 172 valence electrons. The van der Waals surface area contributed by atoms with Crippen molar-refractivity contribution in [2.75, 3.05) is 0 Å².